The fourth-order valence-corrected chi connectivity index (χ4v) is 7.48. The molecule has 0 saturated carbocycles. The molecule has 188 valence electrons. The number of ether oxygens (including phenoxy) is 1. The average molecular weight is 511 g/mol. The highest BCUT2D eigenvalue weighted by Gasteiger charge is 2.42. The first kappa shape index (κ1) is 24.4. The summed E-state index contributed by atoms with van der Waals surface area (Å²) < 4.78 is 51.0. The van der Waals surface area contributed by atoms with Crippen molar-refractivity contribution in [2.75, 3.05) is 13.2 Å². The summed E-state index contributed by atoms with van der Waals surface area (Å²) in [7, 11) is -3.83. The molecule has 2 aromatic carbocycles. The van der Waals surface area contributed by atoms with Crippen molar-refractivity contribution in [3.05, 3.63) is 87.9 Å². The van der Waals surface area contributed by atoms with Crippen LogP contribution in [0.3, 0.4) is 0 Å². The van der Waals surface area contributed by atoms with Crippen molar-refractivity contribution >= 4 is 10.0 Å². The molecule has 0 spiro atoms. The van der Waals surface area contributed by atoms with Gasteiger partial charge in [0, 0.05) is 25.3 Å². The van der Waals surface area contributed by atoms with Gasteiger partial charge in [-0.2, -0.15) is 9.40 Å². The minimum atomic E-state index is -3.83. The van der Waals surface area contributed by atoms with Crippen molar-refractivity contribution < 1.29 is 17.5 Å². The fraction of sp³-hybridized carbons (Fsp3) is 0.385. The van der Waals surface area contributed by atoms with Gasteiger partial charge in [0.1, 0.15) is 17.4 Å². The first-order valence-electron chi connectivity index (χ1n) is 11.9. The fourth-order valence-electron chi connectivity index (χ4n) is 5.38. The number of benzene rings is 2. The lowest BCUT2D eigenvalue weighted by Gasteiger charge is -2.38. The smallest absolute Gasteiger partial charge is 0.343 e. The molecular formula is C26H27FN4O4S. The third kappa shape index (κ3) is 4.17. The van der Waals surface area contributed by atoms with Gasteiger partial charge in [0.15, 0.2) is 0 Å². The summed E-state index contributed by atoms with van der Waals surface area (Å²) in [5.74, 6) is 2.02. The van der Waals surface area contributed by atoms with E-state index < -0.39 is 32.7 Å². The first-order chi connectivity index (χ1) is 17.4. The summed E-state index contributed by atoms with van der Waals surface area (Å²) in [6.07, 6.45) is 8.96. The standard InChI is InChI=1S/C26H27FN4O4S/c1-2-22-10-11-24(19-6-4-3-5-7-19)36(33,34)31(22)17-20-8-9-21(16-23(20)27)26(12-14-35-15-13-26)30-18-28-29-25(30)32/h1,3-9,16,18,22,24H,10-15,17H2,(H,29,32)/t22-,24+/m0/s1. The maximum atomic E-state index is 15.6. The molecule has 8 nitrogen and oxygen atoms in total. The molecule has 1 N–H and O–H groups in total. The zero-order chi connectivity index (χ0) is 25.3. The Hall–Kier alpha value is -3.26. The molecular weight excluding hydrogens is 483 g/mol. The number of nitrogens with one attached hydrogen (secondary N) is 1. The molecule has 2 fully saturated rings. The number of aromatic nitrogens is 3. The van der Waals surface area contributed by atoms with Gasteiger partial charge in [-0.15, -0.1) is 6.42 Å². The van der Waals surface area contributed by atoms with Crippen molar-refractivity contribution in [3.8, 4) is 12.3 Å². The van der Waals surface area contributed by atoms with E-state index in [0.29, 0.717) is 50.0 Å². The molecule has 0 radical (unpaired) electrons. The van der Waals surface area contributed by atoms with Gasteiger partial charge in [-0.05, 0) is 42.9 Å². The zero-order valence-electron chi connectivity index (χ0n) is 19.6. The molecule has 0 unspecified atom stereocenters. The van der Waals surface area contributed by atoms with Crippen molar-refractivity contribution in [2.24, 2.45) is 0 Å². The molecule has 1 aromatic heterocycles. The summed E-state index contributed by atoms with van der Waals surface area (Å²) in [4.78, 5) is 12.4. The Morgan fingerprint density at radius 1 is 1.17 bits per heavy atom. The molecule has 0 aliphatic carbocycles. The third-order valence-corrected chi connectivity index (χ3v) is 9.61. The van der Waals surface area contributed by atoms with Gasteiger partial charge in [-0.1, -0.05) is 48.4 Å². The van der Waals surface area contributed by atoms with Gasteiger partial charge in [0.25, 0.3) is 0 Å². The molecule has 2 aliphatic rings. The normalized spacial score (nSPS) is 23.7. The summed E-state index contributed by atoms with van der Waals surface area (Å²) >= 11 is 0. The van der Waals surface area contributed by atoms with Crippen LogP contribution in [-0.4, -0.2) is 46.7 Å². The Morgan fingerprint density at radius 3 is 2.56 bits per heavy atom. The van der Waals surface area contributed by atoms with Gasteiger partial charge in [-0.25, -0.2) is 22.7 Å². The second-order valence-corrected chi connectivity index (χ2v) is 11.3. The Kier molecular flexibility index (Phi) is 6.55. The average Bonchev–Trinajstić information content (AvgIpc) is 3.33. The molecule has 10 heteroatoms. The van der Waals surface area contributed by atoms with Gasteiger partial charge in [-0.3, -0.25) is 4.57 Å². The van der Waals surface area contributed by atoms with Crippen LogP contribution in [0.4, 0.5) is 4.39 Å². The van der Waals surface area contributed by atoms with Crippen molar-refractivity contribution in [2.45, 2.75) is 49.1 Å². The number of rotatable bonds is 5. The number of aromatic amines is 1. The molecule has 2 aliphatic heterocycles. The van der Waals surface area contributed by atoms with E-state index in [1.807, 2.05) is 6.07 Å². The highest BCUT2D eigenvalue weighted by Crippen LogP contribution is 2.39. The second kappa shape index (κ2) is 9.65. The van der Waals surface area contributed by atoms with Crippen LogP contribution in [0.15, 0.2) is 59.7 Å². The Morgan fingerprint density at radius 2 is 1.92 bits per heavy atom. The summed E-state index contributed by atoms with van der Waals surface area (Å²) in [5, 5.41) is 5.53. The Balaban J connectivity index is 1.49. The lowest BCUT2D eigenvalue weighted by atomic mass is 9.82. The number of terminal acetylenes is 1. The first-order valence-corrected chi connectivity index (χ1v) is 13.4. The molecule has 0 bridgehead atoms. The lowest BCUT2D eigenvalue weighted by Crippen LogP contribution is -2.46. The van der Waals surface area contributed by atoms with Crippen LogP contribution in [0.2, 0.25) is 0 Å². The van der Waals surface area contributed by atoms with Crippen molar-refractivity contribution in [1.29, 1.82) is 0 Å². The highest BCUT2D eigenvalue weighted by atomic mass is 32.2. The van der Waals surface area contributed by atoms with E-state index in [9.17, 15) is 13.2 Å². The number of nitrogens with zero attached hydrogens (tertiary/aromatic N) is 3. The monoisotopic (exact) mass is 510 g/mol. The predicted molar refractivity (Wildman–Crippen MR) is 132 cm³/mol. The molecule has 2 atom stereocenters. The summed E-state index contributed by atoms with van der Waals surface area (Å²) in [6, 6.07) is 13.1. The van der Waals surface area contributed by atoms with Crippen molar-refractivity contribution in [1.82, 2.24) is 19.1 Å². The minimum Gasteiger partial charge on any atom is -0.381 e. The van der Waals surface area contributed by atoms with E-state index in [4.69, 9.17) is 11.2 Å². The van der Waals surface area contributed by atoms with E-state index in [-0.39, 0.29) is 17.8 Å². The Bertz CT molecular complexity index is 1440. The van der Waals surface area contributed by atoms with Gasteiger partial charge in [0.2, 0.25) is 10.0 Å². The molecule has 0 amide bonds. The van der Waals surface area contributed by atoms with E-state index in [1.165, 1.54) is 21.3 Å². The number of sulfonamides is 1. The van der Waals surface area contributed by atoms with Crippen LogP contribution in [0.1, 0.15) is 47.6 Å². The van der Waals surface area contributed by atoms with Crippen LogP contribution in [0, 0.1) is 18.2 Å². The van der Waals surface area contributed by atoms with E-state index in [1.54, 1.807) is 36.4 Å². The van der Waals surface area contributed by atoms with Crippen LogP contribution in [-0.2, 0) is 26.8 Å². The highest BCUT2D eigenvalue weighted by molar-refractivity contribution is 7.89. The molecule has 3 heterocycles. The number of hydrogen-bond acceptors (Lipinski definition) is 5. The van der Waals surface area contributed by atoms with Crippen LogP contribution >= 0.6 is 0 Å². The van der Waals surface area contributed by atoms with Crippen LogP contribution < -0.4 is 5.69 Å². The van der Waals surface area contributed by atoms with E-state index in [2.05, 4.69) is 16.1 Å². The van der Waals surface area contributed by atoms with Crippen LogP contribution in [0.25, 0.3) is 0 Å². The predicted octanol–water partition coefficient (Wildman–Crippen LogP) is 2.93. The summed E-state index contributed by atoms with van der Waals surface area (Å²) in [5.41, 5.74) is 0.328. The molecule has 5 rings (SSSR count). The van der Waals surface area contributed by atoms with Crippen LogP contribution in [0.5, 0.6) is 0 Å². The third-order valence-electron chi connectivity index (χ3n) is 7.35. The maximum Gasteiger partial charge on any atom is 0.343 e. The maximum absolute atomic E-state index is 15.6. The lowest BCUT2D eigenvalue weighted by molar-refractivity contribution is 0.0372. The van der Waals surface area contributed by atoms with E-state index in [0.717, 1.165) is 0 Å². The number of hydrogen-bond donors (Lipinski definition) is 1. The molecule has 2 saturated heterocycles. The number of halogens is 1. The number of H-pyrrole nitrogens is 1. The topological polar surface area (TPSA) is 97.3 Å². The molecule has 3 aromatic rings. The van der Waals surface area contributed by atoms with Gasteiger partial charge in [0.05, 0.1) is 11.6 Å². The largest absolute Gasteiger partial charge is 0.381 e. The molecule has 36 heavy (non-hydrogen) atoms. The van der Waals surface area contributed by atoms with E-state index >= 15 is 4.39 Å². The SMILES string of the molecule is C#C[C@H]1CC[C@H](c2ccccc2)S(=O)(=O)N1Cc1ccc(C2(n3cn[nH]c3=O)CCOCC2)cc1F. The zero-order valence-corrected chi connectivity index (χ0v) is 20.5. The summed E-state index contributed by atoms with van der Waals surface area (Å²) in [6.45, 7) is 0.657. The van der Waals surface area contributed by atoms with Gasteiger partial charge < -0.3 is 4.74 Å². The minimum absolute atomic E-state index is 0.172. The van der Waals surface area contributed by atoms with Gasteiger partial charge >= 0.3 is 5.69 Å². The second-order valence-electron chi connectivity index (χ2n) is 9.23. The van der Waals surface area contributed by atoms with Crippen molar-refractivity contribution in [3.63, 3.8) is 0 Å². The Labute approximate surface area is 209 Å². The quantitative estimate of drug-likeness (QED) is 0.533.